The summed E-state index contributed by atoms with van der Waals surface area (Å²) in [7, 11) is 0. The van der Waals surface area contributed by atoms with Crippen LogP contribution in [0.2, 0.25) is 0 Å². The first kappa shape index (κ1) is 55.9. The molecule has 0 aliphatic carbocycles. The summed E-state index contributed by atoms with van der Waals surface area (Å²) >= 11 is 0. The van der Waals surface area contributed by atoms with Gasteiger partial charge in [-0.3, -0.25) is 14.4 Å². The normalized spacial score (nSPS) is 12.7. The molecule has 0 rings (SSSR count). The molecule has 0 aromatic carbocycles. The Kier molecular flexibility index (Phi) is 45.0. The van der Waals surface area contributed by atoms with Crippen molar-refractivity contribution >= 4 is 17.9 Å². The predicted molar refractivity (Wildman–Crippen MR) is 251 cm³/mol. The van der Waals surface area contributed by atoms with Gasteiger partial charge in [-0.15, -0.1) is 0 Å². The Bertz CT molecular complexity index is 1130. The van der Waals surface area contributed by atoms with Gasteiger partial charge in [-0.1, -0.05) is 196 Å². The molecule has 1 unspecified atom stereocenters. The Morgan fingerprint density at radius 1 is 0.356 bits per heavy atom. The van der Waals surface area contributed by atoms with Crippen LogP contribution in [0.3, 0.4) is 0 Å². The zero-order valence-electron chi connectivity index (χ0n) is 38.5. The maximum absolute atomic E-state index is 12.7. The van der Waals surface area contributed by atoms with Gasteiger partial charge in [0.05, 0.1) is 0 Å². The van der Waals surface area contributed by atoms with E-state index in [1.54, 1.807) is 0 Å². The summed E-state index contributed by atoms with van der Waals surface area (Å²) in [4.78, 5) is 37.8. The van der Waals surface area contributed by atoms with E-state index in [0.29, 0.717) is 25.7 Å². The van der Waals surface area contributed by atoms with E-state index < -0.39 is 6.10 Å². The van der Waals surface area contributed by atoms with Gasteiger partial charge in [0.1, 0.15) is 13.2 Å². The molecule has 0 N–H and O–H groups in total. The van der Waals surface area contributed by atoms with Crippen LogP contribution in [-0.4, -0.2) is 37.2 Å². The first-order valence-corrected chi connectivity index (χ1v) is 24.4. The van der Waals surface area contributed by atoms with Crippen molar-refractivity contribution in [2.24, 2.45) is 0 Å². The third-order valence-electron chi connectivity index (χ3n) is 10.2. The van der Waals surface area contributed by atoms with Gasteiger partial charge in [0.2, 0.25) is 0 Å². The summed E-state index contributed by atoms with van der Waals surface area (Å²) < 4.78 is 16.7. The quantitative estimate of drug-likeness (QED) is 0.0264. The van der Waals surface area contributed by atoms with Gasteiger partial charge in [0.25, 0.3) is 0 Å². The minimum Gasteiger partial charge on any atom is -0.462 e. The molecule has 0 aromatic rings. The standard InChI is InChI=1S/C53H90O6/c1-4-7-10-13-16-19-21-23-24-25-26-27-28-30-31-34-37-40-43-46-52(55)58-49-50(48-57-51(54)45-42-39-36-33-18-15-12-9-6-3)59-53(56)47-44-41-38-35-32-29-22-20-17-14-11-8-5-2/h7,10,16,19,23-24,26-27,30-31,33,36,50H,4-6,8-9,11-15,17-18,20-22,25,28-29,32,34-35,37-49H2,1-3H3/b10-7-,19-16-,24-23-,27-26-,31-30-,36-33-. The molecule has 0 aromatic heterocycles. The van der Waals surface area contributed by atoms with E-state index in [0.717, 1.165) is 89.9 Å². The van der Waals surface area contributed by atoms with Gasteiger partial charge >= 0.3 is 17.9 Å². The zero-order valence-corrected chi connectivity index (χ0v) is 38.5. The highest BCUT2D eigenvalue weighted by molar-refractivity contribution is 5.71. The molecular formula is C53H90O6. The second kappa shape index (κ2) is 47.5. The lowest BCUT2D eigenvalue weighted by molar-refractivity contribution is -0.167. The molecule has 6 nitrogen and oxygen atoms in total. The van der Waals surface area contributed by atoms with Crippen LogP contribution in [0.4, 0.5) is 0 Å². The minimum absolute atomic E-state index is 0.0999. The Labute approximate surface area is 363 Å². The van der Waals surface area contributed by atoms with Gasteiger partial charge in [-0.05, 0) is 83.5 Å². The third kappa shape index (κ3) is 45.8. The molecule has 0 radical (unpaired) electrons. The summed E-state index contributed by atoms with van der Waals surface area (Å²) in [6.07, 6.45) is 58.9. The number of carbonyl (C=O) groups excluding carboxylic acids is 3. The number of hydrogen-bond donors (Lipinski definition) is 0. The SMILES string of the molecule is CC/C=C\C/C=C\C/C=C\C/C=C\C/C=C\CCCCCC(=O)OCC(COC(=O)CCC/C=C\CCCCCC)OC(=O)CCCCCCCCCCCCCCC. The van der Waals surface area contributed by atoms with E-state index in [4.69, 9.17) is 14.2 Å². The van der Waals surface area contributed by atoms with Crippen LogP contribution in [0.1, 0.15) is 226 Å². The Morgan fingerprint density at radius 3 is 1.14 bits per heavy atom. The van der Waals surface area contributed by atoms with Crippen LogP contribution < -0.4 is 0 Å². The Hall–Kier alpha value is -3.15. The largest absolute Gasteiger partial charge is 0.462 e. The fraction of sp³-hybridized carbons (Fsp3) is 0.717. The van der Waals surface area contributed by atoms with Crippen molar-refractivity contribution in [3.8, 4) is 0 Å². The molecule has 0 heterocycles. The van der Waals surface area contributed by atoms with Crippen LogP contribution in [0.5, 0.6) is 0 Å². The van der Waals surface area contributed by atoms with Gasteiger partial charge in [-0.25, -0.2) is 0 Å². The van der Waals surface area contributed by atoms with E-state index in [1.807, 2.05) is 0 Å². The predicted octanol–water partition coefficient (Wildman–Crippen LogP) is 15.9. The molecule has 59 heavy (non-hydrogen) atoms. The number of esters is 3. The van der Waals surface area contributed by atoms with Crippen LogP contribution in [0.15, 0.2) is 72.9 Å². The third-order valence-corrected chi connectivity index (χ3v) is 10.2. The van der Waals surface area contributed by atoms with E-state index in [2.05, 4.69) is 93.7 Å². The van der Waals surface area contributed by atoms with Crippen LogP contribution in [0.25, 0.3) is 0 Å². The maximum atomic E-state index is 12.7. The van der Waals surface area contributed by atoms with Crippen LogP contribution >= 0.6 is 0 Å². The Balaban J connectivity index is 4.41. The van der Waals surface area contributed by atoms with E-state index >= 15 is 0 Å². The van der Waals surface area contributed by atoms with Crippen molar-refractivity contribution in [3.05, 3.63) is 72.9 Å². The number of ether oxygens (including phenoxy) is 3. The molecule has 0 saturated carbocycles. The van der Waals surface area contributed by atoms with E-state index in [9.17, 15) is 14.4 Å². The number of rotatable bonds is 43. The molecule has 0 amide bonds. The van der Waals surface area contributed by atoms with Crippen molar-refractivity contribution in [2.45, 2.75) is 232 Å². The molecule has 0 spiro atoms. The molecule has 338 valence electrons. The number of carbonyl (C=O) groups is 3. The van der Waals surface area contributed by atoms with E-state index in [-0.39, 0.29) is 31.1 Å². The van der Waals surface area contributed by atoms with Crippen molar-refractivity contribution in [2.75, 3.05) is 13.2 Å². The highest BCUT2D eigenvalue weighted by atomic mass is 16.6. The highest BCUT2D eigenvalue weighted by Crippen LogP contribution is 2.14. The van der Waals surface area contributed by atoms with Crippen LogP contribution in [0, 0.1) is 0 Å². The summed E-state index contributed by atoms with van der Waals surface area (Å²) in [5, 5.41) is 0. The van der Waals surface area contributed by atoms with Gasteiger partial charge in [0, 0.05) is 19.3 Å². The molecule has 0 fully saturated rings. The average Bonchev–Trinajstić information content (AvgIpc) is 3.23. The summed E-state index contributed by atoms with van der Waals surface area (Å²) in [5.74, 6) is -0.966. The zero-order chi connectivity index (χ0) is 43.0. The summed E-state index contributed by atoms with van der Waals surface area (Å²) in [6.45, 7) is 6.43. The van der Waals surface area contributed by atoms with Gasteiger partial charge < -0.3 is 14.2 Å². The fourth-order valence-electron chi connectivity index (χ4n) is 6.53. The first-order chi connectivity index (χ1) is 29.0. The van der Waals surface area contributed by atoms with Crippen molar-refractivity contribution in [1.82, 2.24) is 0 Å². The van der Waals surface area contributed by atoms with Gasteiger partial charge in [0.15, 0.2) is 6.10 Å². The minimum atomic E-state index is -0.796. The van der Waals surface area contributed by atoms with Crippen molar-refractivity contribution in [3.63, 3.8) is 0 Å². The molecule has 0 saturated heterocycles. The molecule has 1 atom stereocenters. The number of unbranched alkanes of at least 4 members (excludes halogenated alkanes) is 20. The molecule has 6 heteroatoms. The molecule has 0 bridgehead atoms. The highest BCUT2D eigenvalue weighted by Gasteiger charge is 2.19. The Morgan fingerprint density at radius 2 is 0.678 bits per heavy atom. The lowest BCUT2D eigenvalue weighted by Crippen LogP contribution is -2.30. The second-order valence-corrected chi connectivity index (χ2v) is 16.0. The van der Waals surface area contributed by atoms with Crippen molar-refractivity contribution < 1.29 is 28.6 Å². The summed E-state index contributed by atoms with van der Waals surface area (Å²) in [6, 6.07) is 0. The smallest absolute Gasteiger partial charge is 0.306 e. The molecular weight excluding hydrogens is 733 g/mol. The molecule has 0 aliphatic heterocycles. The fourth-order valence-corrected chi connectivity index (χ4v) is 6.53. The monoisotopic (exact) mass is 823 g/mol. The first-order valence-electron chi connectivity index (χ1n) is 24.4. The second-order valence-electron chi connectivity index (χ2n) is 16.0. The lowest BCUT2D eigenvalue weighted by Gasteiger charge is -2.18. The molecule has 0 aliphatic rings. The van der Waals surface area contributed by atoms with Crippen LogP contribution in [-0.2, 0) is 28.6 Å². The average molecular weight is 823 g/mol. The van der Waals surface area contributed by atoms with Gasteiger partial charge in [-0.2, -0.15) is 0 Å². The van der Waals surface area contributed by atoms with E-state index in [1.165, 1.54) is 89.9 Å². The number of hydrogen-bond acceptors (Lipinski definition) is 6. The lowest BCUT2D eigenvalue weighted by atomic mass is 10.0. The van der Waals surface area contributed by atoms with Crippen molar-refractivity contribution in [1.29, 1.82) is 0 Å². The summed E-state index contributed by atoms with van der Waals surface area (Å²) in [5.41, 5.74) is 0. The number of allylic oxidation sites excluding steroid dienone is 12. The maximum Gasteiger partial charge on any atom is 0.306 e. The topological polar surface area (TPSA) is 78.9 Å².